The van der Waals surface area contributed by atoms with E-state index in [1.165, 1.54) is 16.4 Å². The molecule has 1 heterocycles. The Hall–Kier alpha value is -0.370. The largest absolute Gasteiger partial charge is 0.201 e. The Labute approximate surface area is 48.2 Å². The molecule has 0 aliphatic carbocycles. The molecule has 2 heteroatoms. The average molecular weight is 115 g/mol. The zero-order chi connectivity index (χ0) is 4.41. The number of nitrogens with zero attached hydrogens (tertiary/aromatic N) is 1. The van der Waals surface area contributed by atoms with Crippen LogP contribution in [0.15, 0.2) is 12.3 Å². The normalized spacial score (nSPS) is 7.57. The molecule has 7 heavy (non-hydrogen) atoms. The molecule has 0 unspecified atom stereocenters. The monoisotopic (exact) mass is 115 g/mol. The molecule has 0 bridgehead atoms. The van der Waals surface area contributed by atoms with Crippen molar-refractivity contribution < 1.29 is 0 Å². The van der Waals surface area contributed by atoms with Crippen LogP contribution in [-0.4, -0.2) is 4.37 Å². The quantitative estimate of drug-likeness (QED) is 0.504. The van der Waals surface area contributed by atoms with E-state index in [9.17, 15) is 0 Å². The lowest BCUT2D eigenvalue weighted by Gasteiger charge is -1.63. The van der Waals surface area contributed by atoms with Gasteiger partial charge in [-0.1, -0.05) is 7.43 Å². The molecule has 0 saturated heterocycles. The fourth-order valence-corrected chi connectivity index (χ4v) is 0.689. The summed E-state index contributed by atoms with van der Waals surface area (Å²) in [7, 11) is 0. The Morgan fingerprint density at radius 2 is 2.43 bits per heavy atom. The predicted molar refractivity (Wildman–Crippen MR) is 33.6 cm³/mol. The maximum atomic E-state index is 3.86. The number of aromatic nitrogens is 1. The first-order valence-corrected chi connectivity index (χ1v) is 2.54. The molecule has 0 aliphatic heterocycles. The molecular weight excluding hydrogens is 106 g/mol. The van der Waals surface area contributed by atoms with Crippen molar-refractivity contribution in [1.82, 2.24) is 4.37 Å². The fraction of sp³-hybridized carbons (Fsp3) is 0.400. The molecular formula is C5H9NS. The first kappa shape index (κ1) is 6.63. The van der Waals surface area contributed by atoms with Crippen molar-refractivity contribution in [3.63, 3.8) is 0 Å². The molecule has 0 atom stereocenters. The molecule has 1 rings (SSSR count). The highest BCUT2D eigenvalue weighted by molar-refractivity contribution is 7.05. The van der Waals surface area contributed by atoms with Crippen LogP contribution < -0.4 is 0 Å². The number of rotatable bonds is 0. The Kier molecular flexibility index (Phi) is 2.60. The van der Waals surface area contributed by atoms with E-state index in [2.05, 4.69) is 4.37 Å². The highest BCUT2D eigenvalue weighted by Gasteiger charge is 1.76. The Morgan fingerprint density at radius 1 is 1.71 bits per heavy atom. The number of hydrogen-bond donors (Lipinski definition) is 0. The van der Waals surface area contributed by atoms with Gasteiger partial charge in [0.05, 0.1) is 0 Å². The van der Waals surface area contributed by atoms with Gasteiger partial charge in [0.2, 0.25) is 0 Å². The number of hydrogen-bond acceptors (Lipinski definition) is 2. The molecule has 0 amide bonds. The molecule has 0 aliphatic rings. The zero-order valence-electron chi connectivity index (χ0n) is 3.51. The van der Waals surface area contributed by atoms with Gasteiger partial charge in [-0.3, -0.25) is 0 Å². The van der Waals surface area contributed by atoms with E-state index in [1.807, 2.05) is 13.0 Å². The van der Waals surface area contributed by atoms with Crippen molar-refractivity contribution >= 4 is 11.5 Å². The van der Waals surface area contributed by atoms with Crippen LogP contribution >= 0.6 is 11.5 Å². The summed E-state index contributed by atoms with van der Waals surface area (Å²) in [4.78, 5) is 1.27. The summed E-state index contributed by atoms with van der Waals surface area (Å²) in [6.07, 6.45) is 1.81. The van der Waals surface area contributed by atoms with Crippen LogP contribution in [0.2, 0.25) is 0 Å². The van der Waals surface area contributed by atoms with Crippen LogP contribution in [-0.2, 0) is 0 Å². The Balaban J connectivity index is 0.000000360. The fourth-order valence-electron chi connectivity index (χ4n) is 0.279. The third-order valence-corrected chi connectivity index (χ3v) is 1.22. The summed E-state index contributed by atoms with van der Waals surface area (Å²) in [5.74, 6) is 0. The highest BCUT2D eigenvalue weighted by Crippen LogP contribution is 1.98. The summed E-state index contributed by atoms with van der Waals surface area (Å²) < 4.78 is 3.86. The lowest BCUT2D eigenvalue weighted by atomic mass is 10.6. The maximum Gasteiger partial charge on any atom is 0.0409 e. The van der Waals surface area contributed by atoms with E-state index in [0.717, 1.165) is 0 Å². The second-order valence-electron chi connectivity index (χ2n) is 1.12. The van der Waals surface area contributed by atoms with E-state index in [4.69, 9.17) is 0 Å². The third-order valence-electron chi connectivity index (χ3n) is 0.567. The molecule has 0 saturated carbocycles. The van der Waals surface area contributed by atoms with E-state index in [-0.39, 0.29) is 7.43 Å². The van der Waals surface area contributed by atoms with Gasteiger partial charge in [0.15, 0.2) is 0 Å². The lowest BCUT2D eigenvalue weighted by molar-refractivity contribution is 1.57. The van der Waals surface area contributed by atoms with Gasteiger partial charge in [-0.15, -0.1) is 0 Å². The Bertz CT molecular complexity index is 112. The predicted octanol–water partition coefficient (Wildman–Crippen LogP) is 2.09. The first-order valence-electron chi connectivity index (χ1n) is 1.77. The van der Waals surface area contributed by atoms with E-state index in [1.54, 1.807) is 6.20 Å². The minimum atomic E-state index is 0. The summed E-state index contributed by atoms with van der Waals surface area (Å²) in [5.41, 5.74) is 0. The van der Waals surface area contributed by atoms with Crippen molar-refractivity contribution in [1.29, 1.82) is 0 Å². The van der Waals surface area contributed by atoms with Crippen molar-refractivity contribution in [3.8, 4) is 0 Å². The van der Waals surface area contributed by atoms with Gasteiger partial charge in [0.25, 0.3) is 0 Å². The van der Waals surface area contributed by atoms with Gasteiger partial charge in [-0.05, 0) is 24.5 Å². The lowest BCUT2D eigenvalue weighted by Crippen LogP contribution is -1.43. The molecule has 0 N–H and O–H groups in total. The van der Waals surface area contributed by atoms with Gasteiger partial charge in [-0.2, -0.15) is 0 Å². The molecule has 0 radical (unpaired) electrons. The van der Waals surface area contributed by atoms with E-state index >= 15 is 0 Å². The average Bonchev–Trinajstić information content (AvgIpc) is 1.86. The third kappa shape index (κ3) is 1.69. The van der Waals surface area contributed by atoms with Crippen molar-refractivity contribution in [2.24, 2.45) is 0 Å². The van der Waals surface area contributed by atoms with Gasteiger partial charge < -0.3 is 0 Å². The van der Waals surface area contributed by atoms with Gasteiger partial charge in [0, 0.05) is 11.1 Å². The molecule has 1 aromatic rings. The van der Waals surface area contributed by atoms with Crippen LogP contribution in [0.1, 0.15) is 12.3 Å². The molecule has 0 aromatic carbocycles. The minimum Gasteiger partial charge on any atom is -0.201 e. The van der Waals surface area contributed by atoms with E-state index < -0.39 is 0 Å². The molecule has 0 spiro atoms. The van der Waals surface area contributed by atoms with Crippen molar-refractivity contribution in [2.45, 2.75) is 14.4 Å². The zero-order valence-corrected chi connectivity index (χ0v) is 4.33. The van der Waals surface area contributed by atoms with Crippen LogP contribution in [0, 0.1) is 6.92 Å². The SMILES string of the molecule is C.Cc1ccns1. The van der Waals surface area contributed by atoms with Crippen LogP contribution in [0.5, 0.6) is 0 Å². The molecule has 1 aromatic heterocycles. The summed E-state index contributed by atoms with van der Waals surface area (Å²) in [6.45, 7) is 2.04. The minimum absolute atomic E-state index is 0. The van der Waals surface area contributed by atoms with Crippen LogP contribution in [0.3, 0.4) is 0 Å². The second-order valence-corrected chi connectivity index (χ2v) is 2.16. The molecule has 0 fully saturated rings. The van der Waals surface area contributed by atoms with Gasteiger partial charge in [0.1, 0.15) is 0 Å². The molecule has 1 nitrogen and oxygen atoms in total. The van der Waals surface area contributed by atoms with Gasteiger partial charge in [-0.25, -0.2) is 4.37 Å². The molecule has 40 valence electrons. The van der Waals surface area contributed by atoms with Crippen LogP contribution in [0.4, 0.5) is 0 Å². The highest BCUT2D eigenvalue weighted by atomic mass is 32.1. The van der Waals surface area contributed by atoms with Crippen molar-refractivity contribution in [2.75, 3.05) is 0 Å². The first-order chi connectivity index (χ1) is 2.89. The Morgan fingerprint density at radius 3 is 2.57 bits per heavy atom. The van der Waals surface area contributed by atoms with E-state index in [0.29, 0.717) is 0 Å². The van der Waals surface area contributed by atoms with Gasteiger partial charge >= 0.3 is 0 Å². The standard InChI is InChI=1S/C4H5NS.CH4/c1-4-2-3-5-6-4;/h2-3H,1H3;1H4. The summed E-state index contributed by atoms with van der Waals surface area (Å²) in [6, 6.07) is 1.99. The number of aryl methyl sites for hydroxylation is 1. The topological polar surface area (TPSA) is 12.9 Å². The van der Waals surface area contributed by atoms with Crippen LogP contribution in [0.25, 0.3) is 0 Å². The maximum absolute atomic E-state index is 3.86. The smallest absolute Gasteiger partial charge is 0.0409 e. The summed E-state index contributed by atoms with van der Waals surface area (Å²) in [5, 5.41) is 0. The summed E-state index contributed by atoms with van der Waals surface area (Å²) >= 11 is 1.53. The second kappa shape index (κ2) is 2.75. The van der Waals surface area contributed by atoms with Crippen molar-refractivity contribution in [3.05, 3.63) is 17.1 Å².